The summed E-state index contributed by atoms with van der Waals surface area (Å²) in [5.74, 6) is -1.53. The molecule has 0 bridgehead atoms. The van der Waals surface area contributed by atoms with E-state index in [1.807, 2.05) is 30.3 Å². The van der Waals surface area contributed by atoms with Gasteiger partial charge in [0.15, 0.2) is 5.69 Å². The summed E-state index contributed by atoms with van der Waals surface area (Å²) in [4.78, 5) is 24.7. The molecule has 4 aromatic rings. The van der Waals surface area contributed by atoms with Crippen molar-refractivity contribution in [3.8, 4) is 11.4 Å². The number of benzene rings is 2. The van der Waals surface area contributed by atoms with Gasteiger partial charge in [0.25, 0.3) is 5.91 Å². The number of esters is 1. The molecule has 2 heterocycles. The Morgan fingerprint density at radius 3 is 2.14 bits per heavy atom. The maximum atomic E-state index is 13.7. The topological polar surface area (TPSA) is 91.0 Å². The van der Waals surface area contributed by atoms with Crippen LogP contribution in [0.25, 0.3) is 11.4 Å². The number of anilines is 1. The van der Waals surface area contributed by atoms with Crippen molar-refractivity contribution in [2.45, 2.75) is 20.0 Å². The largest absolute Gasteiger partial charge is 0.462 e. The molecule has 180 valence electrons. The van der Waals surface area contributed by atoms with Gasteiger partial charge in [0.1, 0.15) is 5.56 Å². The second-order valence-electron chi connectivity index (χ2n) is 7.43. The summed E-state index contributed by atoms with van der Waals surface area (Å²) >= 11 is 0. The van der Waals surface area contributed by atoms with Gasteiger partial charge in [-0.3, -0.25) is 4.79 Å². The number of alkyl halides is 3. The van der Waals surface area contributed by atoms with Crippen LogP contribution in [0.4, 0.5) is 18.9 Å². The Balaban J connectivity index is 1.56. The van der Waals surface area contributed by atoms with Gasteiger partial charge in [0, 0.05) is 5.69 Å². The van der Waals surface area contributed by atoms with E-state index in [0.29, 0.717) is 21.6 Å². The Bertz CT molecular complexity index is 1360. The van der Waals surface area contributed by atoms with Crippen LogP contribution in [0, 0.1) is 6.92 Å². The molecule has 0 radical (unpaired) electrons. The summed E-state index contributed by atoms with van der Waals surface area (Å²) in [5, 5.41) is 10.7. The molecular weight excluding hydrogens is 463 g/mol. The standard InChI is InChI=1S/C24H20F3N5O3/c1-3-35-23(34)20-14-29-32(21(20)24(25,26)27)18-11-9-16(10-12-18)30-22(33)19-13-28-31(15(19)2)17-7-5-4-6-8-17/h4-14H,3H2,1-2H3,(H,30,33). The molecule has 0 aliphatic heterocycles. The molecule has 35 heavy (non-hydrogen) atoms. The van der Waals surface area contributed by atoms with Gasteiger partial charge in [-0.25, -0.2) is 14.2 Å². The molecule has 0 atom stereocenters. The van der Waals surface area contributed by atoms with E-state index in [0.717, 1.165) is 11.9 Å². The molecule has 2 aromatic carbocycles. The van der Waals surface area contributed by atoms with Crippen LogP contribution in [0.5, 0.6) is 0 Å². The number of rotatable bonds is 6. The molecule has 0 fully saturated rings. The van der Waals surface area contributed by atoms with Gasteiger partial charge in [0.2, 0.25) is 0 Å². The number of halogens is 3. The number of nitrogens with zero attached hydrogens (tertiary/aromatic N) is 4. The van der Waals surface area contributed by atoms with Crippen LogP contribution in [0.1, 0.15) is 39.0 Å². The maximum absolute atomic E-state index is 13.7. The molecule has 4 rings (SSSR count). The van der Waals surface area contributed by atoms with Crippen LogP contribution in [0.3, 0.4) is 0 Å². The molecule has 0 aliphatic rings. The number of hydrogen-bond donors (Lipinski definition) is 1. The van der Waals surface area contributed by atoms with E-state index in [9.17, 15) is 22.8 Å². The highest BCUT2D eigenvalue weighted by Crippen LogP contribution is 2.34. The van der Waals surface area contributed by atoms with Gasteiger partial charge in [-0.1, -0.05) is 18.2 Å². The number of aromatic nitrogens is 4. The quantitative estimate of drug-likeness (QED) is 0.398. The van der Waals surface area contributed by atoms with Crippen molar-refractivity contribution >= 4 is 17.6 Å². The lowest BCUT2D eigenvalue weighted by Gasteiger charge is -2.13. The first-order valence-corrected chi connectivity index (χ1v) is 10.5. The Kier molecular flexibility index (Phi) is 6.41. The zero-order chi connectivity index (χ0) is 25.2. The predicted octanol–water partition coefficient (Wildman–Crippen LogP) is 4.81. The maximum Gasteiger partial charge on any atom is 0.434 e. The normalized spacial score (nSPS) is 11.3. The van der Waals surface area contributed by atoms with Gasteiger partial charge >= 0.3 is 12.1 Å². The van der Waals surface area contributed by atoms with Gasteiger partial charge in [0.05, 0.1) is 41.6 Å². The smallest absolute Gasteiger partial charge is 0.434 e. The highest BCUT2D eigenvalue weighted by Gasteiger charge is 2.41. The Morgan fingerprint density at radius 1 is 0.914 bits per heavy atom. The van der Waals surface area contributed by atoms with Crippen LogP contribution in [0.15, 0.2) is 67.0 Å². The van der Waals surface area contributed by atoms with Crippen molar-refractivity contribution in [3.63, 3.8) is 0 Å². The lowest BCUT2D eigenvalue weighted by atomic mass is 10.2. The fourth-order valence-electron chi connectivity index (χ4n) is 3.52. The van der Waals surface area contributed by atoms with E-state index in [4.69, 9.17) is 4.74 Å². The molecule has 0 spiro atoms. The number of carbonyl (C=O) groups is 2. The second-order valence-corrected chi connectivity index (χ2v) is 7.43. The van der Waals surface area contributed by atoms with E-state index in [2.05, 4.69) is 15.5 Å². The van der Waals surface area contributed by atoms with Crippen LogP contribution in [-0.2, 0) is 10.9 Å². The van der Waals surface area contributed by atoms with Crippen molar-refractivity contribution in [2.75, 3.05) is 11.9 Å². The summed E-state index contributed by atoms with van der Waals surface area (Å²) in [5.41, 5.74) is 0.275. The minimum atomic E-state index is -4.85. The number of ether oxygens (including phenoxy) is 1. The van der Waals surface area contributed by atoms with E-state index < -0.39 is 29.3 Å². The molecule has 1 N–H and O–H groups in total. The molecule has 11 heteroatoms. The number of amides is 1. The van der Waals surface area contributed by atoms with E-state index in [1.165, 1.54) is 37.4 Å². The minimum absolute atomic E-state index is 0.0546. The Hall–Kier alpha value is -4.41. The Morgan fingerprint density at radius 2 is 1.51 bits per heavy atom. The molecule has 2 aromatic heterocycles. The van der Waals surface area contributed by atoms with Crippen molar-refractivity contribution in [3.05, 3.63) is 89.5 Å². The SMILES string of the molecule is CCOC(=O)c1cnn(-c2ccc(NC(=O)c3cnn(-c4ccccc4)c3C)cc2)c1C(F)(F)F. The third-order valence-corrected chi connectivity index (χ3v) is 5.16. The van der Waals surface area contributed by atoms with Crippen LogP contribution in [0.2, 0.25) is 0 Å². The number of para-hydroxylation sites is 1. The zero-order valence-electron chi connectivity index (χ0n) is 18.7. The van der Waals surface area contributed by atoms with Crippen molar-refractivity contribution < 1.29 is 27.5 Å². The zero-order valence-corrected chi connectivity index (χ0v) is 18.7. The molecule has 0 unspecified atom stereocenters. The number of nitrogens with one attached hydrogen (secondary N) is 1. The molecule has 1 amide bonds. The van der Waals surface area contributed by atoms with Crippen molar-refractivity contribution in [1.29, 1.82) is 0 Å². The average Bonchev–Trinajstić information content (AvgIpc) is 3.45. The Labute approximate surface area is 197 Å². The van der Waals surface area contributed by atoms with E-state index in [1.54, 1.807) is 11.6 Å². The molecule has 0 saturated carbocycles. The summed E-state index contributed by atoms with van der Waals surface area (Å²) in [6.45, 7) is 3.19. The highest BCUT2D eigenvalue weighted by atomic mass is 19.4. The summed E-state index contributed by atoms with van der Waals surface area (Å²) in [7, 11) is 0. The lowest BCUT2D eigenvalue weighted by Crippen LogP contribution is -2.18. The summed E-state index contributed by atoms with van der Waals surface area (Å²) in [6.07, 6.45) is -2.58. The molecular formula is C24H20F3N5O3. The molecule has 8 nitrogen and oxygen atoms in total. The van der Waals surface area contributed by atoms with Crippen LogP contribution in [-0.4, -0.2) is 38.0 Å². The lowest BCUT2D eigenvalue weighted by molar-refractivity contribution is -0.143. The summed E-state index contributed by atoms with van der Waals surface area (Å²) in [6, 6.07) is 14.9. The molecule has 0 saturated heterocycles. The fraction of sp³-hybridized carbons (Fsp3) is 0.167. The first kappa shape index (κ1) is 23.7. The van der Waals surface area contributed by atoms with Crippen LogP contribution >= 0.6 is 0 Å². The molecule has 0 aliphatic carbocycles. The van der Waals surface area contributed by atoms with Crippen LogP contribution < -0.4 is 5.32 Å². The first-order chi connectivity index (χ1) is 16.7. The van der Waals surface area contributed by atoms with Crippen molar-refractivity contribution in [2.24, 2.45) is 0 Å². The van der Waals surface area contributed by atoms with Gasteiger partial charge in [-0.05, 0) is 50.2 Å². The second kappa shape index (κ2) is 9.45. The van der Waals surface area contributed by atoms with Crippen molar-refractivity contribution in [1.82, 2.24) is 19.6 Å². The number of carbonyl (C=O) groups excluding carboxylic acids is 2. The fourth-order valence-corrected chi connectivity index (χ4v) is 3.52. The average molecular weight is 483 g/mol. The third-order valence-electron chi connectivity index (χ3n) is 5.16. The van der Waals surface area contributed by atoms with Gasteiger partial charge in [-0.15, -0.1) is 0 Å². The summed E-state index contributed by atoms with van der Waals surface area (Å²) < 4.78 is 48.1. The predicted molar refractivity (Wildman–Crippen MR) is 121 cm³/mol. The third kappa shape index (κ3) is 4.79. The van der Waals surface area contributed by atoms with Gasteiger partial charge in [-0.2, -0.15) is 23.4 Å². The van der Waals surface area contributed by atoms with Gasteiger partial charge < -0.3 is 10.1 Å². The number of hydrogen-bond acceptors (Lipinski definition) is 5. The van der Waals surface area contributed by atoms with E-state index >= 15 is 0 Å². The van der Waals surface area contributed by atoms with E-state index in [-0.39, 0.29) is 12.3 Å². The first-order valence-electron chi connectivity index (χ1n) is 10.5. The minimum Gasteiger partial charge on any atom is -0.462 e. The monoisotopic (exact) mass is 483 g/mol. The highest BCUT2D eigenvalue weighted by molar-refractivity contribution is 6.05.